The summed E-state index contributed by atoms with van der Waals surface area (Å²) in [5.41, 5.74) is -0.122. The highest BCUT2D eigenvalue weighted by atomic mass is 35.5. The fraction of sp³-hybridized carbons (Fsp3) is 0.500. The second kappa shape index (κ2) is 11.9. The number of amides is 2. The Hall–Kier alpha value is -2.34. The van der Waals surface area contributed by atoms with Crippen LogP contribution in [-0.2, 0) is 37.7 Å². The number of carbonyl (C=O) groups excluding carboxylic acids is 2. The van der Waals surface area contributed by atoms with Gasteiger partial charge in [-0.25, -0.2) is 31.3 Å². The van der Waals surface area contributed by atoms with E-state index in [0.717, 1.165) is 21.9 Å². The average molecular weight is 690 g/mol. The van der Waals surface area contributed by atoms with Crippen molar-refractivity contribution in [1.82, 2.24) is 24.2 Å². The van der Waals surface area contributed by atoms with Gasteiger partial charge in [-0.15, -0.1) is 22.7 Å². The maximum atomic E-state index is 13.7. The predicted molar refractivity (Wildman–Crippen MR) is 166 cm³/mol. The molecule has 2 unspecified atom stereocenters. The van der Waals surface area contributed by atoms with E-state index in [2.05, 4.69) is 10.3 Å². The quantitative estimate of drug-likeness (QED) is 0.396. The maximum Gasteiger partial charge on any atom is 0.421 e. The first-order valence-electron chi connectivity index (χ1n) is 13.5. The molecule has 17 heteroatoms. The van der Waals surface area contributed by atoms with Crippen molar-refractivity contribution in [2.24, 2.45) is 0 Å². The van der Waals surface area contributed by atoms with Crippen molar-refractivity contribution in [2.45, 2.75) is 62.6 Å². The van der Waals surface area contributed by atoms with Crippen LogP contribution in [0.15, 0.2) is 28.5 Å². The number of benzene rings is 1. The molecule has 1 saturated heterocycles. The lowest BCUT2D eigenvalue weighted by atomic mass is 10.1. The molecule has 234 valence electrons. The molecule has 3 aromatic rings. The van der Waals surface area contributed by atoms with Gasteiger partial charge in [-0.1, -0.05) is 17.7 Å². The SMILES string of the molecule is CC1Cc2nc(C(=O)N3CCN(S(=O)(=O)c4cc5ccc(Cl)cc5s4)CC3CS(=O)(=O)NC(=O)OC(C)(C)C)sc2CN1. The summed E-state index contributed by atoms with van der Waals surface area (Å²) in [6.45, 7) is 6.95. The highest BCUT2D eigenvalue weighted by molar-refractivity contribution is 7.91. The number of hydrogen-bond acceptors (Lipinski definition) is 11. The van der Waals surface area contributed by atoms with Gasteiger partial charge >= 0.3 is 6.09 Å². The smallest absolute Gasteiger partial charge is 0.421 e. The van der Waals surface area contributed by atoms with Crippen LogP contribution in [0.4, 0.5) is 4.79 Å². The molecular formula is C26H32ClN5O7S4. The minimum absolute atomic E-state index is 0.0528. The highest BCUT2D eigenvalue weighted by Gasteiger charge is 2.41. The van der Waals surface area contributed by atoms with Gasteiger partial charge in [0.2, 0.25) is 10.0 Å². The Kier molecular flexibility index (Phi) is 8.85. The summed E-state index contributed by atoms with van der Waals surface area (Å²) in [6.07, 6.45) is -0.507. The monoisotopic (exact) mass is 689 g/mol. The van der Waals surface area contributed by atoms with E-state index < -0.39 is 49.4 Å². The predicted octanol–water partition coefficient (Wildman–Crippen LogP) is 3.42. The first-order valence-corrected chi connectivity index (χ1v) is 18.6. The minimum Gasteiger partial charge on any atom is -0.443 e. The van der Waals surface area contributed by atoms with E-state index in [0.29, 0.717) is 28.1 Å². The Morgan fingerprint density at radius 2 is 1.91 bits per heavy atom. The van der Waals surface area contributed by atoms with E-state index in [1.165, 1.54) is 20.5 Å². The molecule has 5 rings (SSSR count). The van der Waals surface area contributed by atoms with Gasteiger partial charge in [-0.05, 0) is 51.3 Å². The van der Waals surface area contributed by atoms with Gasteiger partial charge in [0.15, 0.2) is 5.01 Å². The molecule has 0 bridgehead atoms. The van der Waals surface area contributed by atoms with E-state index in [1.54, 1.807) is 45.0 Å². The van der Waals surface area contributed by atoms with Gasteiger partial charge < -0.3 is 15.0 Å². The van der Waals surface area contributed by atoms with Gasteiger partial charge in [0, 0.05) is 53.2 Å². The largest absolute Gasteiger partial charge is 0.443 e. The number of nitrogens with one attached hydrogen (secondary N) is 2. The molecule has 2 N–H and O–H groups in total. The first-order chi connectivity index (χ1) is 20.0. The summed E-state index contributed by atoms with van der Waals surface area (Å²) in [7, 11) is -8.40. The van der Waals surface area contributed by atoms with Gasteiger partial charge in [-0.3, -0.25) is 4.79 Å². The number of thiazole rings is 1. The zero-order valence-corrected chi connectivity index (χ0v) is 27.9. The van der Waals surface area contributed by atoms with Gasteiger partial charge in [-0.2, -0.15) is 4.31 Å². The number of piperazine rings is 1. The highest BCUT2D eigenvalue weighted by Crippen LogP contribution is 2.34. The van der Waals surface area contributed by atoms with Gasteiger partial charge in [0.1, 0.15) is 9.81 Å². The van der Waals surface area contributed by atoms with E-state index >= 15 is 0 Å². The first kappa shape index (κ1) is 32.1. The summed E-state index contributed by atoms with van der Waals surface area (Å²) in [6, 6.07) is 5.72. The number of aromatic nitrogens is 1. The van der Waals surface area contributed by atoms with Crippen molar-refractivity contribution in [3.05, 3.63) is 44.9 Å². The molecule has 2 amide bonds. The molecule has 43 heavy (non-hydrogen) atoms. The molecule has 2 aromatic heterocycles. The molecule has 4 heterocycles. The Bertz CT molecular complexity index is 1780. The van der Waals surface area contributed by atoms with Crippen LogP contribution in [0.5, 0.6) is 0 Å². The van der Waals surface area contributed by atoms with Crippen LogP contribution in [0, 0.1) is 0 Å². The standard InChI is InChI=1S/C26H32ClN5O7S4/c1-15-9-19-21(12-28-15)41-23(29-19)24(33)32-8-7-31(13-18(32)14-42(35,36)30-25(34)39-26(2,3)4)43(37,38)22-10-16-5-6-17(27)11-20(16)40-22/h5-6,10-11,15,18,28H,7-9,12-14H2,1-4H3,(H,30,34). The van der Waals surface area contributed by atoms with E-state index in [-0.39, 0.29) is 34.9 Å². The molecule has 1 aromatic carbocycles. The summed E-state index contributed by atoms with van der Waals surface area (Å²) < 4.78 is 62.6. The molecule has 0 saturated carbocycles. The Balaban J connectivity index is 1.43. The van der Waals surface area contributed by atoms with Crippen molar-refractivity contribution in [3.63, 3.8) is 0 Å². The number of rotatable bonds is 6. The van der Waals surface area contributed by atoms with Crippen LogP contribution in [0.25, 0.3) is 10.1 Å². The number of fused-ring (bicyclic) bond motifs is 2. The normalized spacial score (nSPS) is 20.2. The van der Waals surface area contributed by atoms with Crippen molar-refractivity contribution in [3.8, 4) is 0 Å². The molecule has 1 fully saturated rings. The Labute approximate surface area is 263 Å². The number of hydrogen-bond donors (Lipinski definition) is 2. The number of thiophene rings is 1. The second-order valence-electron chi connectivity index (χ2n) is 11.5. The van der Waals surface area contributed by atoms with Crippen molar-refractivity contribution in [2.75, 3.05) is 25.4 Å². The fourth-order valence-electron chi connectivity index (χ4n) is 4.94. The summed E-state index contributed by atoms with van der Waals surface area (Å²) in [5.74, 6) is -1.21. The van der Waals surface area contributed by atoms with Gasteiger partial charge in [0.05, 0.1) is 17.5 Å². The third-order valence-corrected chi connectivity index (χ3v) is 12.9. The van der Waals surface area contributed by atoms with Crippen LogP contribution in [0.2, 0.25) is 5.02 Å². The van der Waals surface area contributed by atoms with Crippen LogP contribution in [0.1, 0.15) is 48.1 Å². The van der Waals surface area contributed by atoms with Crippen molar-refractivity contribution in [1.29, 1.82) is 0 Å². The second-order valence-corrected chi connectivity index (χ2v) is 18.1. The maximum absolute atomic E-state index is 13.7. The minimum atomic E-state index is -4.35. The molecule has 0 aliphatic carbocycles. The zero-order chi connectivity index (χ0) is 31.3. The molecule has 2 aliphatic rings. The molecular weight excluding hydrogens is 658 g/mol. The number of nitrogens with zero attached hydrogens (tertiary/aromatic N) is 3. The number of sulfonamides is 2. The van der Waals surface area contributed by atoms with Crippen LogP contribution in [-0.4, -0.2) is 86.1 Å². The average Bonchev–Trinajstić information content (AvgIpc) is 3.50. The lowest BCUT2D eigenvalue weighted by Crippen LogP contribution is -2.59. The van der Waals surface area contributed by atoms with E-state index in [4.69, 9.17) is 16.3 Å². The van der Waals surface area contributed by atoms with E-state index in [1.807, 2.05) is 11.6 Å². The number of halogens is 1. The molecule has 2 atom stereocenters. The number of carbonyl (C=O) groups is 2. The third kappa shape index (κ3) is 7.32. The Morgan fingerprint density at radius 3 is 2.63 bits per heavy atom. The van der Waals surface area contributed by atoms with Crippen molar-refractivity contribution >= 4 is 76.4 Å². The Morgan fingerprint density at radius 1 is 1.16 bits per heavy atom. The summed E-state index contributed by atoms with van der Waals surface area (Å²) in [5, 5.41) is 4.72. The molecule has 2 aliphatic heterocycles. The van der Waals surface area contributed by atoms with Crippen molar-refractivity contribution < 1.29 is 31.2 Å². The lowest BCUT2D eigenvalue weighted by molar-refractivity contribution is 0.0569. The number of ether oxygens (including phenoxy) is 1. The summed E-state index contributed by atoms with van der Waals surface area (Å²) in [4.78, 5) is 32.9. The lowest BCUT2D eigenvalue weighted by Gasteiger charge is -2.40. The van der Waals surface area contributed by atoms with E-state index in [9.17, 15) is 26.4 Å². The van der Waals surface area contributed by atoms with Gasteiger partial charge in [0.25, 0.3) is 15.9 Å². The molecule has 0 radical (unpaired) electrons. The molecule has 12 nitrogen and oxygen atoms in total. The zero-order valence-electron chi connectivity index (χ0n) is 23.9. The summed E-state index contributed by atoms with van der Waals surface area (Å²) >= 11 is 8.38. The van der Waals surface area contributed by atoms with Crippen LogP contribution < -0.4 is 10.0 Å². The third-order valence-electron chi connectivity index (χ3n) is 6.88. The fourth-order valence-corrected chi connectivity index (χ4v) is 10.4. The molecule has 0 spiro atoms. The van der Waals surface area contributed by atoms with Crippen LogP contribution in [0.3, 0.4) is 0 Å². The van der Waals surface area contributed by atoms with Crippen LogP contribution >= 0.6 is 34.3 Å². The topological polar surface area (TPSA) is 155 Å².